The van der Waals surface area contributed by atoms with E-state index in [0.29, 0.717) is 0 Å². The van der Waals surface area contributed by atoms with Gasteiger partial charge in [0.15, 0.2) is 0 Å². The number of hydrogen-bond donors (Lipinski definition) is 0. The summed E-state index contributed by atoms with van der Waals surface area (Å²) in [6.07, 6.45) is 0. The van der Waals surface area contributed by atoms with Crippen molar-refractivity contribution in [2.24, 2.45) is 0 Å². The highest BCUT2D eigenvalue weighted by atomic mass is 32.1. The van der Waals surface area contributed by atoms with Gasteiger partial charge in [-0.05, 0) is 35.7 Å². The number of benzene rings is 3. The third kappa shape index (κ3) is 2.42. The quantitative estimate of drug-likeness (QED) is 0.446. The SMILES string of the molecule is Cc1ccc2nc(-c3ccc(-c4ccccc4)cc3)sc2c1. The maximum atomic E-state index is 4.75. The molecule has 4 rings (SSSR count). The largest absolute Gasteiger partial charge is 0.236 e. The van der Waals surface area contributed by atoms with Gasteiger partial charge in [0.2, 0.25) is 0 Å². The predicted molar refractivity (Wildman–Crippen MR) is 95.2 cm³/mol. The highest BCUT2D eigenvalue weighted by Crippen LogP contribution is 2.31. The Kier molecular flexibility index (Phi) is 3.24. The summed E-state index contributed by atoms with van der Waals surface area (Å²) in [5.41, 5.74) is 6.02. The van der Waals surface area contributed by atoms with Crippen LogP contribution in [-0.4, -0.2) is 4.98 Å². The zero-order valence-electron chi connectivity index (χ0n) is 12.3. The molecule has 0 atom stereocenters. The van der Waals surface area contributed by atoms with E-state index in [9.17, 15) is 0 Å². The molecule has 1 heterocycles. The molecule has 0 aliphatic heterocycles. The average Bonchev–Trinajstić information content (AvgIpc) is 2.99. The minimum Gasteiger partial charge on any atom is -0.236 e. The number of aromatic nitrogens is 1. The molecule has 0 bridgehead atoms. The average molecular weight is 301 g/mol. The summed E-state index contributed by atoms with van der Waals surface area (Å²) < 4.78 is 1.25. The number of fused-ring (bicyclic) bond motifs is 1. The molecule has 0 spiro atoms. The van der Waals surface area contributed by atoms with Crippen molar-refractivity contribution in [2.45, 2.75) is 6.92 Å². The van der Waals surface area contributed by atoms with E-state index in [1.807, 2.05) is 6.07 Å². The van der Waals surface area contributed by atoms with Crippen LogP contribution in [-0.2, 0) is 0 Å². The van der Waals surface area contributed by atoms with E-state index in [4.69, 9.17) is 4.98 Å². The maximum absolute atomic E-state index is 4.75. The fourth-order valence-corrected chi connectivity index (χ4v) is 3.66. The van der Waals surface area contributed by atoms with Crippen LogP contribution in [0.5, 0.6) is 0 Å². The van der Waals surface area contributed by atoms with Gasteiger partial charge < -0.3 is 0 Å². The van der Waals surface area contributed by atoms with Gasteiger partial charge in [0.25, 0.3) is 0 Å². The number of hydrogen-bond acceptors (Lipinski definition) is 2. The molecule has 0 aliphatic rings. The Morgan fingerprint density at radius 2 is 1.41 bits per heavy atom. The van der Waals surface area contributed by atoms with Crippen molar-refractivity contribution in [3.05, 3.63) is 78.4 Å². The molecule has 3 aromatic carbocycles. The predicted octanol–water partition coefficient (Wildman–Crippen LogP) is 5.94. The lowest BCUT2D eigenvalue weighted by Gasteiger charge is -2.02. The smallest absolute Gasteiger partial charge is 0.124 e. The maximum Gasteiger partial charge on any atom is 0.124 e. The van der Waals surface area contributed by atoms with Crippen molar-refractivity contribution in [3.63, 3.8) is 0 Å². The molecule has 2 heteroatoms. The molecule has 1 nitrogen and oxygen atoms in total. The van der Waals surface area contributed by atoms with Gasteiger partial charge in [-0.2, -0.15) is 0 Å². The first-order chi connectivity index (χ1) is 10.8. The Morgan fingerprint density at radius 3 is 2.18 bits per heavy atom. The summed E-state index contributed by atoms with van der Waals surface area (Å²) in [5.74, 6) is 0. The van der Waals surface area contributed by atoms with Crippen molar-refractivity contribution >= 4 is 21.6 Å². The fraction of sp³-hybridized carbons (Fsp3) is 0.0500. The third-order valence-electron chi connectivity index (χ3n) is 3.78. The van der Waals surface area contributed by atoms with Crippen molar-refractivity contribution in [3.8, 4) is 21.7 Å². The molecule has 0 N–H and O–H groups in total. The van der Waals surface area contributed by atoms with Crippen LogP contribution in [0.1, 0.15) is 5.56 Å². The van der Waals surface area contributed by atoms with Crippen LogP contribution in [0.3, 0.4) is 0 Å². The standard InChI is InChI=1S/C20H15NS/c1-14-7-12-18-19(13-14)22-20(21-18)17-10-8-16(9-11-17)15-5-3-2-4-6-15/h2-13H,1H3. The summed E-state index contributed by atoms with van der Waals surface area (Å²) in [4.78, 5) is 4.75. The summed E-state index contributed by atoms with van der Waals surface area (Å²) >= 11 is 1.76. The zero-order valence-corrected chi connectivity index (χ0v) is 13.1. The monoisotopic (exact) mass is 301 g/mol. The van der Waals surface area contributed by atoms with Crippen LogP contribution in [0, 0.1) is 6.92 Å². The minimum absolute atomic E-state index is 1.08. The van der Waals surface area contributed by atoms with E-state index in [2.05, 4.69) is 73.7 Å². The molecule has 106 valence electrons. The summed E-state index contributed by atoms with van der Waals surface area (Å²) in [6.45, 7) is 2.12. The lowest BCUT2D eigenvalue weighted by atomic mass is 10.0. The van der Waals surface area contributed by atoms with E-state index >= 15 is 0 Å². The molecule has 0 aliphatic carbocycles. The normalized spacial score (nSPS) is 11.0. The highest BCUT2D eigenvalue weighted by molar-refractivity contribution is 7.21. The van der Waals surface area contributed by atoms with Crippen LogP contribution >= 0.6 is 11.3 Å². The molecular formula is C20H15NS. The Bertz CT molecular complexity index is 921. The summed E-state index contributed by atoms with van der Waals surface area (Å²) in [7, 11) is 0. The molecule has 22 heavy (non-hydrogen) atoms. The lowest BCUT2D eigenvalue weighted by molar-refractivity contribution is 1.45. The second-order valence-corrected chi connectivity index (χ2v) is 6.46. The topological polar surface area (TPSA) is 12.9 Å². The first kappa shape index (κ1) is 13.2. The van der Waals surface area contributed by atoms with Crippen LogP contribution in [0.4, 0.5) is 0 Å². The number of thiazole rings is 1. The van der Waals surface area contributed by atoms with Gasteiger partial charge in [-0.25, -0.2) is 4.98 Å². The highest BCUT2D eigenvalue weighted by Gasteiger charge is 2.06. The van der Waals surface area contributed by atoms with Gasteiger partial charge in [-0.3, -0.25) is 0 Å². The van der Waals surface area contributed by atoms with E-state index in [1.165, 1.54) is 27.0 Å². The molecule has 0 fully saturated rings. The zero-order chi connectivity index (χ0) is 14.9. The van der Waals surface area contributed by atoms with Crippen molar-refractivity contribution in [2.75, 3.05) is 0 Å². The van der Waals surface area contributed by atoms with Crippen LogP contribution in [0.25, 0.3) is 31.9 Å². The van der Waals surface area contributed by atoms with Gasteiger partial charge >= 0.3 is 0 Å². The van der Waals surface area contributed by atoms with Gasteiger partial charge in [-0.15, -0.1) is 11.3 Å². The molecule has 0 unspecified atom stereocenters. The van der Waals surface area contributed by atoms with Crippen LogP contribution in [0.15, 0.2) is 72.8 Å². The molecule has 1 aromatic heterocycles. The number of rotatable bonds is 2. The van der Waals surface area contributed by atoms with Gasteiger partial charge in [0.05, 0.1) is 10.2 Å². The first-order valence-corrected chi connectivity index (χ1v) is 8.14. The Balaban J connectivity index is 1.73. The van der Waals surface area contributed by atoms with Crippen molar-refractivity contribution in [1.29, 1.82) is 0 Å². The molecule has 4 aromatic rings. The molecule has 0 saturated carbocycles. The van der Waals surface area contributed by atoms with Gasteiger partial charge in [0.1, 0.15) is 5.01 Å². The van der Waals surface area contributed by atoms with E-state index in [1.54, 1.807) is 11.3 Å². The first-order valence-electron chi connectivity index (χ1n) is 7.33. The van der Waals surface area contributed by atoms with Crippen LogP contribution < -0.4 is 0 Å². The van der Waals surface area contributed by atoms with Crippen LogP contribution in [0.2, 0.25) is 0 Å². The Hall–Kier alpha value is -2.45. The minimum atomic E-state index is 1.08. The molecular weight excluding hydrogens is 286 g/mol. The second kappa shape index (κ2) is 5.39. The third-order valence-corrected chi connectivity index (χ3v) is 4.85. The molecule has 0 saturated heterocycles. The molecule has 0 radical (unpaired) electrons. The number of nitrogens with zero attached hydrogens (tertiary/aromatic N) is 1. The van der Waals surface area contributed by atoms with E-state index in [-0.39, 0.29) is 0 Å². The Morgan fingerprint density at radius 1 is 0.727 bits per heavy atom. The lowest BCUT2D eigenvalue weighted by Crippen LogP contribution is -1.79. The van der Waals surface area contributed by atoms with E-state index < -0.39 is 0 Å². The summed E-state index contributed by atoms with van der Waals surface area (Å²) in [5, 5.41) is 1.08. The Labute approximate surface area is 133 Å². The number of aryl methyl sites for hydroxylation is 1. The van der Waals surface area contributed by atoms with Gasteiger partial charge in [-0.1, -0.05) is 60.7 Å². The van der Waals surface area contributed by atoms with E-state index in [0.717, 1.165) is 10.5 Å². The van der Waals surface area contributed by atoms with Crippen molar-refractivity contribution in [1.82, 2.24) is 4.98 Å². The van der Waals surface area contributed by atoms with Crippen molar-refractivity contribution < 1.29 is 0 Å². The van der Waals surface area contributed by atoms with Gasteiger partial charge in [0, 0.05) is 5.56 Å². The summed E-state index contributed by atoms with van der Waals surface area (Å²) in [6, 6.07) is 25.5. The fourth-order valence-electron chi connectivity index (χ4n) is 2.59. The molecule has 0 amide bonds. The second-order valence-electron chi connectivity index (χ2n) is 5.43.